The smallest absolute Gasteiger partial charge is 0.271 e. The Hall–Kier alpha value is -1.45. The molecule has 1 aliphatic rings. The molecule has 0 bridgehead atoms. The van der Waals surface area contributed by atoms with Crippen LogP contribution >= 0.6 is 0 Å². The fourth-order valence-corrected chi connectivity index (χ4v) is 2.10. The minimum Gasteiger partial charge on any atom is -0.348 e. The van der Waals surface area contributed by atoms with E-state index in [0.717, 1.165) is 12.8 Å². The molecule has 0 aromatic carbocycles. The van der Waals surface area contributed by atoms with Gasteiger partial charge in [-0.25, -0.2) is 4.98 Å². The maximum absolute atomic E-state index is 11.8. The molecule has 1 heterocycles. The van der Waals surface area contributed by atoms with Gasteiger partial charge in [0.15, 0.2) is 0 Å². The quantitative estimate of drug-likeness (QED) is 0.773. The summed E-state index contributed by atoms with van der Waals surface area (Å²) in [6.45, 7) is 0. The van der Waals surface area contributed by atoms with Gasteiger partial charge in [-0.05, 0) is 12.8 Å². The van der Waals surface area contributed by atoms with Gasteiger partial charge in [-0.15, -0.1) is 0 Å². The van der Waals surface area contributed by atoms with Crippen molar-refractivity contribution < 1.29 is 4.79 Å². The molecule has 1 aromatic rings. The molecule has 0 spiro atoms. The number of nitrogens with zero attached hydrogens (tertiary/aromatic N) is 2. The highest BCUT2D eigenvalue weighted by atomic mass is 16.1. The molecule has 1 aromatic heterocycles. The summed E-state index contributed by atoms with van der Waals surface area (Å²) in [5, 5.41) is 3.03. The molecule has 86 valence electrons. The van der Waals surface area contributed by atoms with E-state index in [1.54, 1.807) is 12.4 Å². The number of aromatic nitrogens is 2. The fraction of sp³-hybridized carbons (Fsp3) is 0.583. The zero-order valence-corrected chi connectivity index (χ0v) is 9.35. The Kier molecular flexibility index (Phi) is 3.86. The lowest BCUT2D eigenvalue weighted by molar-refractivity contribution is 0.0928. The molecule has 1 aliphatic carbocycles. The second-order valence-corrected chi connectivity index (χ2v) is 4.25. The third-order valence-corrected chi connectivity index (χ3v) is 2.99. The number of amides is 1. The Labute approximate surface area is 95.5 Å². The van der Waals surface area contributed by atoms with Gasteiger partial charge in [0.1, 0.15) is 5.69 Å². The predicted octanol–water partition coefficient (Wildman–Crippen LogP) is 1.93. The largest absolute Gasteiger partial charge is 0.348 e. The number of hydrogen-bond donors (Lipinski definition) is 1. The van der Waals surface area contributed by atoms with E-state index in [0.29, 0.717) is 11.7 Å². The molecule has 0 unspecified atom stereocenters. The van der Waals surface area contributed by atoms with Crippen molar-refractivity contribution >= 4 is 5.91 Å². The van der Waals surface area contributed by atoms with E-state index in [4.69, 9.17) is 0 Å². The summed E-state index contributed by atoms with van der Waals surface area (Å²) in [5.74, 6) is -0.0972. The Balaban J connectivity index is 1.91. The van der Waals surface area contributed by atoms with Gasteiger partial charge in [0, 0.05) is 18.4 Å². The van der Waals surface area contributed by atoms with Crippen molar-refractivity contribution in [3.05, 3.63) is 24.3 Å². The summed E-state index contributed by atoms with van der Waals surface area (Å²) in [6, 6.07) is 0.317. The minimum absolute atomic E-state index is 0.0972. The minimum atomic E-state index is -0.0972. The van der Waals surface area contributed by atoms with E-state index in [-0.39, 0.29) is 5.91 Å². The van der Waals surface area contributed by atoms with Crippen molar-refractivity contribution in [3.8, 4) is 0 Å². The van der Waals surface area contributed by atoms with E-state index in [9.17, 15) is 4.79 Å². The van der Waals surface area contributed by atoms with Gasteiger partial charge in [-0.3, -0.25) is 9.78 Å². The molecule has 16 heavy (non-hydrogen) atoms. The molecule has 1 amide bonds. The van der Waals surface area contributed by atoms with Gasteiger partial charge in [0.05, 0.1) is 6.20 Å². The first-order chi connectivity index (χ1) is 7.86. The SMILES string of the molecule is O=C(NC1CCCCCC1)c1cnccn1. The van der Waals surface area contributed by atoms with Crippen molar-refractivity contribution in [1.29, 1.82) is 0 Å². The van der Waals surface area contributed by atoms with Crippen molar-refractivity contribution in [2.45, 2.75) is 44.6 Å². The molecule has 1 saturated carbocycles. The summed E-state index contributed by atoms with van der Waals surface area (Å²) in [4.78, 5) is 19.7. The van der Waals surface area contributed by atoms with Gasteiger partial charge in [-0.2, -0.15) is 0 Å². The van der Waals surface area contributed by atoms with Crippen LogP contribution in [-0.4, -0.2) is 21.9 Å². The molecule has 0 aliphatic heterocycles. The lowest BCUT2D eigenvalue weighted by Gasteiger charge is -2.15. The maximum Gasteiger partial charge on any atom is 0.271 e. The Bertz CT molecular complexity index is 331. The second-order valence-electron chi connectivity index (χ2n) is 4.25. The molecular weight excluding hydrogens is 202 g/mol. The lowest BCUT2D eigenvalue weighted by Crippen LogP contribution is -2.34. The standard InChI is InChI=1S/C12H17N3O/c16-12(11-9-13-7-8-14-11)15-10-5-3-1-2-4-6-10/h7-10H,1-6H2,(H,15,16). The number of rotatable bonds is 2. The Morgan fingerprint density at radius 2 is 1.94 bits per heavy atom. The van der Waals surface area contributed by atoms with Gasteiger partial charge in [0.2, 0.25) is 0 Å². The molecule has 0 radical (unpaired) electrons. The highest BCUT2D eigenvalue weighted by Gasteiger charge is 2.16. The van der Waals surface area contributed by atoms with Crippen molar-refractivity contribution in [1.82, 2.24) is 15.3 Å². The van der Waals surface area contributed by atoms with Crippen LogP contribution in [0.15, 0.2) is 18.6 Å². The Morgan fingerprint density at radius 3 is 2.56 bits per heavy atom. The molecule has 1 fully saturated rings. The average molecular weight is 219 g/mol. The van der Waals surface area contributed by atoms with Gasteiger partial charge in [-0.1, -0.05) is 25.7 Å². The zero-order chi connectivity index (χ0) is 11.2. The van der Waals surface area contributed by atoms with Crippen LogP contribution in [0.1, 0.15) is 49.0 Å². The third-order valence-electron chi connectivity index (χ3n) is 2.99. The third kappa shape index (κ3) is 3.02. The van der Waals surface area contributed by atoms with Crippen LogP contribution in [0.4, 0.5) is 0 Å². The van der Waals surface area contributed by atoms with E-state index in [1.165, 1.54) is 31.9 Å². The number of carbonyl (C=O) groups is 1. The monoisotopic (exact) mass is 219 g/mol. The van der Waals surface area contributed by atoms with Crippen molar-refractivity contribution in [3.63, 3.8) is 0 Å². The number of carbonyl (C=O) groups excluding carboxylic acids is 1. The molecule has 0 saturated heterocycles. The van der Waals surface area contributed by atoms with Crippen LogP contribution in [0, 0.1) is 0 Å². The normalized spacial score (nSPS) is 17.8. The number of hydrogen-bond acceptors (Lipinski definition) is 3. The van der Waals surface area contributed by atoms with Gasteiger partial charge < -0.3 is 5.32 Å². The van der Waals surface area contributed by atoms with Gasteiger partial charge >= 0.3 is 0 Å². The zero-order valence-electron chi connectivity index (χ0n) is 9.35. The summed E-state index contributed by atoms with van der Waals surface area (Å²) >= 11 is 0. The summed E-state index contributed by atoms with van der Waals surface area (Å²) < 4.78 is 0. The van der Waals surface area contributed by atoms with Crippen LogP contribution < -0.4 is 5.32 Å². The van der Waals surface area contributed by atoms with E-state index < -0.39 is 0 Å². The first kappa shape index (κ1) is 11.0. The van der Waals surface area contributed by atoms with Crippen molar-refractivity contribution in [2.75, 3.05) is 0 Å². The van der Waals surface area contributed by atoms with Crippen LogP contribution in [0.25, 0.3) is 0 Å². The van der Waals surface area contributed by atoms with Crippen LogP contribution in [0.3, 0.4) is 0 Å². The molecule has 0 atom stereocenters. The predicted molar refractivity (Wildman–Crippen MR) is 61.0 cm³/mol. The average Bonchev–Trinajstić information content (AvgIpc) is 2.59. The van der Waals surface area contributed by atoms with E-state index in [1.807, 2.05) is 0 Å². The van der Waals surface area contributed by atoms with Crippen molar-refractivity contribution in [2.24, 2.45) is 0 Å². The van der Waals surface area contributed by atoms with Crippen LogP contribution in [0.2, 0.25) is 0 Å². The second kappa shape index (κ2) is 5.58. The molecule has 4 heteroatoms. The summed E-state index contributed by atoms with van der Waals surface area (Å²) in [7, 11) is 0. The molecule has 2 rings (SSSR count). The molecule has 1 N–H and O–H groups in total. The van der Waals surface area contributed by atoms with Crippen LogP contribution in [-0.2, 0) is 0 Å². The Morgan fingerprint density at radius 1 is 1.19 bits per heavy atom. The molecular formula is C12H17N3O. The first-order valence-corrected chi connectivity index (χ1v) is 5.93. The first-order valence-electron chi connectivity index (χ1n) is 5.93. The number of nitrogens with one attached hydrogen (secondary N) is 1. The summed E-state index contributed by atoms with van der Waals surface area (Å²) in [6.07, 6.45) is 11.8. The highest BCUT2D eigenvalue weighted by Crippen LogP contribution is 2.17. The van der Waals surface area contributed by atoms with Gasteiger partial charge in [0.25, 0.3) is 5.91 Å². The lowest BCUT2D eigenvalue weighted by atomic mass is 10.1. The van der Waals surface area contributed by atoms with Crippen LogP contribution in [0.5, 0.6) is 0 Å². The summed E-state index contributed by atoms with van der Waals surface area (Å²) in [5.41, 5.74) is 0.409. The topological polar surface area (TPSA) is 54.9 Å². The highest BCUT2D eigenvalue weighted by molar-refractivity contribution is 5.92. The van der Waals surface area contributed by atoms with E-state index >= 15 is 0 Å². The molecule has 4 nitrogen and oxygen atoms in total. The van der Waals surface area contributed by atoms with E-state index in [2.05, 4.69) is 15.3 Å². The fourth-order valence-electron chi connectivity index (χ4n) is 2.10. The maximum atomic E-state index is 11.8.